The van der Waals surface area contributed by atoms with Crippen LogP contribution in [0.4, 0.5) is 0 Å². The summed E-state index contributed by atoms with van der Waals surface area (Å²) in [5.74, 6) is 0.332. The molecule has 0 atom stereocenters. The predicted molar refractivity (Wildman–Crippen MR) is 73.5 cm³/mol. The normalized spacial score (nSPS) is 9.48. The van der Waals surface area contributed by atoms with Crippen LogP contribution in [0.2, 0.25) is 0 Å². The lowest BCUT2D eigenvalue weighted by molar-refractivity contribution is -0.137. The molecule has 0 saturated heterocycles. The number of nitrogens with two attached hydrogens (primary N) is 1. The van der Waals surface area contributed by atoms with Gasteiger partial charge >= 0.3 is 5.97 Å². The molecule has 2 amide bonds. The van der Waals surface area contributed by atoms with E-state index in [1.807, 2.05) is 0 Å². The fourth-order valence-corrected chi connectivity index (χ4v) is 1.50. The summed E-state index contributed by atoms with van der Waals surface area (Å²) < 4.78 is 5.05. The summed E-state index contributed by atoms with van der Waals surface area (Å²) >= 11 is 0. The summed E-state index contributed by atoms with van der Waals surface area (Å²) in [5.41, 5.74) is 5.20. The van der Waals surface area contributed by atoms with Gasteiger partial charge in [-0.1, -0.05) is 5.92 Å². The second kappa shape index (κ2) is 7.55. The van der Waals surface area contributed by atoms with Gasteiger partial charge in [-0.2, -0.15) is 0 Å². The Bertz CT molecular complexity index is 574. The van der Waals surface area contributed by atoms with Crippen molar-refractivity contribution < 1.29 is 24.2 Å². The monoisotopic (exact) mass is 290 g/mol. The molecule has 1 aromatic rings. The third-order valence-corrected chi connectivity index (χ3v) is 2.38. The Morgan fingerprint density at radius 3 is 2.38 bits per heavy atom. The molecule has 0 aliphatic carbocycles. The van der Waals surface area contributed by atoms with E-state index in [1.54, 1.807) is 0 Å². The van der Waals surface area contributed by atoms with Gasteiger partial charge in [-0.25, -0.2) is 0 Å². The number of hydrogen-bond acceptors (Lipinski definition) is 4. The van der Waals surface area contributed by atoms with Crippen LogP contribution in [0.3, 0.4) is 0 Å². The summed E-state index contributed by atoms with van der Waals surface area (Å²) in [5, 5.41) is 8.75. The number of rotatable bonds is 7. The van der Waals surface area contributed by atoms with Crippen molar-refractivity contribution in [2.24, 2.45) is 5.73 Å². The quantitative estimate of drug-likeness (QED) is 0.671. The summed E-state index contributed by atoms with van der Waals surface area (Å²) in [7, 11) is 0. The highest BCUT2D eigenvalue weighted by molar-refractivity contribution is 5.96. The minimum absolute atomic E-state index is 0.106. The fourth-order valence-electron chi connectivity index (χ4n) is 1.50. The van der Waals surface area contributed by atoms with E-state index in [0.717, 1.165) is 4.90 Å². The summed E-state index contributed by atoms with van der Waals surface area (Å²) in [4.78, 5) is 34.4. The van der Waals surface area contributed by atoms with E-state index in [1.165, 1.54) is 24.3 Å². The van der Waals surface area contributed by atoms with Crippen molar-refractivity contribution in [3.05, 3.63) is 29.8 Å². The molecular weight excluding hydrogens is 276 g/mol. The van der Waals surface area contributed by atoms with Crippen molar-refractivity contribution in [2.75, 3.05) is 19.7 Å². The summed E-state index contributed by atoms with van der Waals surface area (Å²) in [6.07, 6.45) is 5.11. The molecule has 0 aromatic heterocycles. The van der Waals surface area contributed by atoms with Gasteiger partial charge in [0, 0.05) is 5.56 Å². The fraction of sp³-hybridized carbons (Fsp3) is 0.214. The number of amides is 2. The number of hydrogen-bond donors (Lipinski definition) is 2. The van der Waals surface area contributed by atoms with Crippen molar-refractivity contribution in [3.8, 4) is 18.1 Å². The molecule has 0 radical (unpaired) electrons. The van der Waals surface area contributed by atoms with E-state index in [2.05, 4.69) is 5.92 Å². The molecule has 0 bridgehead atoms. The number of benzene rings is 1. The zero-order valence-corrected chi connectivity index (χ0v) is 11.1. The summed E-state index contributed by atoms with van der Waals surface area (Å²) in [6, 6.07) is 5.85. The minimum atomic E-state index is -1.15. The van der Waals surface area contributed by atoms with Gasteiger partial charge in [-0.05, 0) is 24.3 Å². The molecule has 0 unspecified atom stereocenters. The lowest BCUT2D eigenvalue weighted by atomic mass is 10.2. The molecule has 0 heterocycles. The second-order valence-corrected chi connectivity index (χ2v) is 4.04. The molecule has 7 heteroatoms. The third kappa shape index (κ3) is 5.24. The molecule has 0 spiro atoms. The van der Waals surface area contributed by atoms with E-state index >= 15 is 0 Å². The molecule has 0 aliphatic heterocycles. The third-order valence-electron chi connectivity index (χ3n) is 2.38. The molecule has 3 N–H and O–H groups in total. The Morgan fingerprint density at radius 1 is 1.29 bits per heavy atom. The van der Waals surface area contributed by atoms with Crippen LogP contribution in [0.5, 0.6) is 5.75 Å². The largest absolute Gasteiger partial charge is 0.484 e. The van der Waals surface area contributed by atoms with E-state index in [-0.39, 0.29) is 18.7 Å². The van der Waals surface area contributed by atoms with E-state index < -0.39 is 24.3 Å². The number of ether oxygens (including phenoxy) is 1. The van der Waals surface area contributed by atoms with Crippen LogP contribution >= 0.6 is 0 Å². The Morgan fingerprint density at radius 2 is 1.90 bits per heavy atom. The van der Waals surface area contributed by atoms with Crippen LogP contribution in [0, 0.1) is 12.3 Å². The molecule has 0 aliphatic rings. The number of nitrogens with zero attached hydrogens (tertiary/aromatic N) is 1. The van der Waals surface area contributed by atoms with Crippen molar-refractivity contribution in [1.82, 2.24) is 4.90 Å². The molecule has 1 rings (SSSR count). The maximum Gasteiger partial charge on any atom is 0.323 e. The zero-order chi connectivity index (χ0) is 15.8. The highest BCUT2D eigenvalue weighted by Crippen LogP contribution is 2.13. The van der Waals surface area contributed by atoms with Gasteiger partial charge in [0.2, 0.25) is 0 Å². The lowest BCUT2D eigenvalue weighted by Gasteiger charge is -2.18. The molecule has 7 nitrogen and oxygen atoms in total. The highest BCUT2D eigenvalue weighted by Gasteiger charge is 2.17. The van der Waals surface area contributed by atoms with Gasteiger partial charge in [0.25, 0.3) is 11.8 Å². The van der Waals surface area contributed by atoms with Crippen molar-refractivity contribution in [1.29, 1.82) is 0 Å². The Hall–Kier alpha value is -3.01. The second-order valence-electron chi connectivity index (χ2n) is 4.04. The first kappa shape index (κ1) is 16.0. The van der Waals surface area contributed by atoms with Gasteiger partial charge in [0.05, 0.1) is 6.54 Å². The molecule has 1 aromatic carbocycles. The van der Waals surface area contributed by atoms with Crippen LogP contribution < -0.4 is 10.5 Å². The standard InChI is InChI=1S/C14H14N2O5/c1-2-7-16(8-13(18)19)14(20)10-3-5-11(6-4-10)21-9-12(15)17/h1,3-6H,7-9H2,(H2,15,17)(H,18,19). The smallest absolute Gasteiger partial charge is 0.323 e. The SMILES string of the molecule is C#CCN(CC(=O)O)C(=O)c1ccc(OCC(N)=O)cc1. The van der Waals surface area contributed by atoms with Gasteiger partial charge in [-0.15, -0.1) is 6.42 Å². The van der Waals surface area contributed by atoms with Crippen molar-refractivity contribution in [3.63, 3.8) is 0 Å². The van der Waals surface area contributed by atoms with Crippen molar-refractivity contribution in [2.45, 2.75) is 0 Å². The van der Waals surface area contributed by atoms with Gasteiger partial charge in [-0.3, -0.25) is 14.4 Å². The Balaban J connectivity index is 2.79. The van der Waals surface area contributed by atoms with Crippen LogP contribution in [-0.4, -0.2) is 47.5 Å². The molecular formula is C14H14N2O5. The van der Waals surface area contributed by atoms with E-state index in [0.29, 0.717) is 5.75 Å². The van der Waals surface area contributed by atoms with Crippen molar-refractivity contribution >= 4 is 17.8 Å². The molecule has 0 fully saturated rings. The first-order valence-corrected chi connectivity index (χ1v) is 5.89. The summed E-state index contributed by atoms with van der Waals surface area (Å²) in [6.45, 7) is -0.858. The number of terminal acetylenes is 1. The van der Waals surface area contributed by atoms with Gasteiger partial charge < -0.3 is 20.5 Å². The molecule has 21 heavy (non-hydrogen) atoms. The van der Waals surface area contributed by atoms with Crippen LogP contribution in [-0.2, 0) is 9.59 Å². The van der Waals surface area contributed by atoms with E-state index in [4.69, 9.17) is 22.0 Å². The Labute approximate surface area is 121 Å². The zero-order valence-electron chi connectivity index (χ0n) is 11.1. The number of carboxylic acid groups (broad SMARTS) is 1. The average Bonchev–Trinajstić information content (AvgIpc) is 2.44. The number of carbonyl (C=O) groups is 3. The number of carboxylic acids is 1. The van der Waals surface area contributed by atoms with Crippen LogP contribution in [0.1, 0.15) is 10.4 Å². The van der Waals surface area contributed by atoms with Crippen LogP contribution in [0.25, 0.3) is 0 Å². The van der Waals surface area contributed by atoms with Gasteiger partial charge in [0.1, 0.15) is 12.3 Å². The first-order valence-electron chi connectivity index (χ1n) is 5.89. The maximum absolute atomic E-state index is 12.1. The lowest BCUT2D eigenvalue weighted by Crippen LogP contribution is -2.35. The minimum Gasteiger partial charge on any atom is -0.484 e. The van der Waals surface area contributed by atoms with Crippen LogP contribution in [0.15, 0.2) is 24.3 Å². The van der Waals surface area contributed by atoms with Gasteiger partial charge in [0.15, 0.2) is 6.61 Å². The maximum atomic E-state index is 12.1. The number of carbonyl (C=O) groups excluding carboxylic acids is 2. The molecule has 110 valence electrons. The Kier molecular flexibility index (Phi) is 5.77. The topological polar surface area (TPSA) is 110 Å². The predicted octanol–water partition coefficient (Wildman–Crippen LogP) is -0.289. The molecule has 0 saturated carbocycles. The highest BCUT2D eigenvalue weighted by atomic mass is 16.5. The number of primary amides is 1. The average molecular weight is 290 g/mol. The van der Waals surface area contributed by atoms with E-state index in [9.17, 15) is 14.4 Å². The first-order chi connectivity index (χ1) is 9.93. The number of aliphatic carboxylic acids is 1.